The van der Waals surface area contributed by atoms with E-state index in [0.717, 1.165) is 11.4 Å². The van der Waals surface area contributed by atoms with Crippen LogP contribution >= 0.6 is 35.0 Å². The summed E-state index contributed by atoms with van der Waals surface area (Å²) in [6, 6.07) is 15.0. The van der Waals surface area contributed by atoms with Gasteiger partial charge in [0.05, 0.1) is 22.0 Å². The second kappa shape index (κ2) is 9.73. The zero-order valence-corrected chi connectivity index (χ0v) is 17.3. The van der Waals surface area contributed by atoms with Crippen molar-refractivity contribution in [1.82, 2.24) is 20.2 Å². The van der Waals surface area contributed by atoms with Gasteiger partial charge in [-0.15, -0.1) is 10.2 Å². The fourth-order valence-electron chi connectivity index (χ4n) is 2.45. The molecule has 28 heavy (non-hydrogen) atoms. The maximum atomic E-state index is 12.1. The summed E-state index contributed by atoms with van der Waals surface area (Å²) in [6.07, 6.45) is 1.43. The molecular formula is C19H17Cl2N5OS. The Morgan fingerprint density at radius 1 is 1.14 bits per heavy atom. The fraction of sp³-hybridized carbons (Fsp3) is 0.158. The van der Waals surface area contributed by atoms with Gasteiger partial charge in [-0.25, -0.2) is 5.43 Å². The molecule has 0 aliphatic heterocycles. The van der Waals surface area contributed by atoms with Gasteiger partial charge in [-0.05, 0) is 19.1 Å². The van der Waals surface area contributed by atoms with Crippen LogP contribution in [0.1, 0.15) is 12.5 Å². The lowest BCUT2D eigenvalue weighted by molar-refractivity contribution is -0.118. The third-order valence-corrected chi connectivity index (χ3v) is 5.41. The van der Waals surface area contributed by atoms with Crippen LogP contribution in [-0.4, -0.2) is 32.6 Å². The fourth-order valence-corrected chi connectivity index (χ4v) is 3.74. The lowest BCUT2D eigenvalue weighted by atomic mass is 10.2. The van der Waals surface area contributed by atoms with Crippen molar-refractivity contribution in [3.8, 4) is 11.4 Å². The van der Waals surface area contributed by atoms with Gasteiger partial charge < -0.3 is 4.57 Å². The quantitative estimate of drug-likeness (QED) is 0.337. The number of hydrogen-bond donors (Lipinski definition) is 1. The van der Waals surface area contributed by atoms with Crippen molar-refractivity contribution in [3.05, 3.63) is 64.1 Å². The van der Waals surface area contributed by atoms with Crippen LogP contribution in [0, 0.1) is 0 Å². The van der Waals surface area contributed by atoms with Gasteiger partial charge in [0.2, 0.25) is 0 Å². The first-order valence-electron chi connectivity index (χ1n) is 8.47. The molecule has 9 heteroatoms. The first kappa shape index (κ1) is 20.4. The van der Waals surface area contributed by atoms with Crippen molar-refractivity contribution >= 4 is 47.1 Å². The number of carbonyl (C=O) groups is 1. The van der Waals surface area contributed by atoms with Gasteiger partial charge in [0.25, 0.3) is 5.91 Å². The largest absolute Gasteiger partial charge is 0.302 e. The van der Waals surface area contributed by atoms with Crippen molar-refractivity contribution in [2.24, 2.45) is 5.10 Å². The molecule has 0 spiro atoms. The van der Waals surface area contributed by atoms with E-state index < -0.39 is 0 Å². The van der Waals surface area contributed by atoms with E-state index in [-0.39, 0.29) is 11.7 Å². The minimum absolute atomic E-state index is 0.153. The topological polar surface area (TPSA) is 72.2 Å². The molecule has 1 aromatic heterocycles. The molecule has 0 aliphatic rings. The smallest absolute Gasteiger partial charge is 0.250 e. The maximum Gasteiger partial charge on any atom is 0.250 e. The Morgan fingerprint density at radius 3 is 2.54 bits per heavy atom. The Kier molecular flexibility index (Phi) is 7.08. The molecule has 0 radical (unpaired) electrons. The summed E-state index contributed by atoms with van der Waals surface area (Å²) in [7, 11) is 0. The lowest BCUT2D eigenvalue weighted by Crippen LogP contribution is -2.20. The number of aromatic nitrogens is 3. The normalized spacial score (nSPS) is 11.1. The van der Waals surface area contributed by atoms with Crippen LogP contribution < -0.4 is 5.43 Å². The molecule has 0 atom stereocenters. The number of nitrogens with zero attached hydrogens (tertiary/aromatic N) is 4. The molecule has 0 aliphatic carbocycles. The van der Waals surface area contributed by atoms with Crippen LogP contribution in [0.2, 0.25) is 10.0 Å². The minimum atomic E-state index is -0.267. The number of benzene rings is 2. The Hall–Kier alpha value is -2.35. The second-order valence-corrected chi connectivity index (χ2v) is 7.39. The maximum absolute atomic E-state index is 12.1. The van der Waals surface area contributed by atoms with Crippen molar-refractivity contribution in [2.45, 2.75) is 18.6 Å². The molecule has 6 nitrogen and oxygen atoms in total. The zero-order chi connectivity index (χ0) is 19.9. The third-order valence-electron chi connectivity index (χ3n) is 3.78. The average molecular weight is 434 g/mol. The highest BCUT2D eigenvalue weighted by atomic mass is 35.5. The lowest BCUT2D eigenvalue weighted by Gasteiger charge is -2.07. The van der Waals surface area contributed by atoms with Gasteiger partial charge in [0, 0.05) is 17.7 Å². The van der Waals surface area contributed by atoms with Crippen LogP contribution in [0.15, 0.2) is 58.8 Å². The monoisotopic (exact) mass is 433 g/mol. The van der Waals surface area contributed by atoms with Crippen LogP contribution in [0.5, 0.6) is 0 Å². The molecule has 0 bridgehead atoms. The molecular weight excluding hydrogens is 417 g/mol. The first-order valence-corrected chi connectivity index (χ1v) is 10.2. The molecule has 1 heterocycles. The van der Waals surface area contributed by atoms with Gasteiger partial charge in [-0.1, -0.05) is 71.4 Å². The van der Waals surface area contributed by atoms with Gasteiger partial charge >= 0.3 is 0 Å². The first-order chi connectivity index (χ1) is 13.6. The summed E-state index contributed by atoms with van der Waals surface area (Å²) in [5, 5.41) is 14.0. The highest BCUT2D eigenvalue weighted by molar-refractivity contribution is 7.99. The van der Waals surface area contributed by atoms with E-state index in [4.69, 9.17) is 23.2 Å². The second-order valence-electron chi connectivity index (χ2n) is 5.63. The number of thioether (sulfide) groups is 1. The number of carbonyl (C=O) groups excluding carboxylic acids is 1. The van der Waals surface area contributed by atoms with E-state index in [9.17, 15) is 4.79 Å². The van der Waals surface area contributed by atoms with Crippen LogP contribution in [0.25, 0.3) is 11.4 Å². The summed E-state index contributed by atoms with van der Waals surface area (Å²) in [5.41, 5.74) is 4.00. The van der Waals surface area contributed by atoms with Crippen molar-refractivity contribution in [3.63, 3.8) is 0 Å². The summed E-state index contributed by atoms with van der Waals surface area (Å²) in [4.78, 5) is 12.1. The Labute approximate surface area is 177 Å². The van der Waals surface area contributed by atoms with Crippen LogP contribution in [0.4, 0.5) is 0 Å². The number of hydrazone groups is 1. The molecule has 0 fully saturated rings. The van der Waals surface area contributed by atoms with E-state index in [1.807, 2.05) is 41.8 Å². The third kappa shape index (κ3) is 4.92. The van der Waals surface area contributed by atoms with Crippen molar-refractivity contribution < 1.29 is 4.79 Å². The van der Waals surface area contributed by atoms with Gasteiger partial charge in [-0.2, -0.15) is 5.10 Å². The van der Waals surface area contributed by atoms with E-state index in [2.05, 4.69) is 20.7 Å². The molecule has 3 aromatic rings. The molecule has 1 N–H and O–H groups in total. The highest BCUT2D eigenvalue weighted by Crippen LogP contribution is 2.24. The van der Waals surface area contributed by atoms with E-state index in [1.54, 1.807) is 18.2 Å². The number of nitrogens with one attached hydrogen (secondary N) is 1. The zero-order valence-electron chi connectivity index (χ0n) is 15.0. The van der Waals surface area contributed by atoms with Crippen molar-refractivity contribution in [1.29, 1.82) is 0 Å². The predicted molar refractivity (Wildman–Crippen MR) is 114 cm³/mol. The van der Waals surface area contributed by atoms with E-state index in [0.29, 0.717) is 27.3 Å². The van der Waals surface area contributed by atoms with E-state index >= 15 is 0 Å². The van der Waals surface area contributed by atoms with Gasteiger partial charge in [-0.3, -0.25) is 4.79 Å². The molecule has 0 unspecified atom stereocenters. The van der Waals surface area contributed by atoms with Crippen LogP contribution in [0.3, 0.4) is 0 Å². The number of halogens is 2. The number of amides is 1. The Bertz CT molecular complexity index is 971. The highest BCUT2D eigenvalue weighted by Gasteiger charge is 2.14. The molecule has 3 rings (SSSR count). The SMILES string of the molecule is CCn1c(SCC(=O)N/N=C\c2c(Cl)cccc2Cl)nnc1-c1ccccc1. The summed E-state index contributed by atoms with van der Waals surface area (Å²) < 4.78 is 1.97. The van der Waals surface area contributed by atoms with Crippen molar-refractivity contribution in [2.75, 3.05) is 5.75 Å². The van der Waals surface area contributed by atoms with Crippen LogP contribution in [-0.2, 0) is 11.3 Å². The Balaban J connectivity index is 1.61. The molecule has 0 saturated carbocycles. The predicted octanol–water partition coefficient (Wildman–Crippen LogP) is 4.51. The number of rotatable bonds is 7. The summed E-state index contributed by atoms with van der Waals surface area (Å²) in [5.74, 6) is 0.661. The summed E-state index contributed by atoms with van der Waals surface area (Å²) in [6.45, 7) is 2.71. The molecule has 2 aromatic carbocycles. The minimum Gasteiger partial charge on any atom is -0.302 e. The Morgan fingerprint density at radius 2 is 1.86 bits per heavy atom. The van der Waals surface area contributed by atoms with E-state index in [1.165, 1.54) is 18.0 Å². The van der Waals surface area contributed by atoms with Gasteiger partial charge in [0.1, 0.15) is 0 Å². The average Bonchev–Trinajstić information content (AvgIpc) is 3.12. The standard InChI is InChI=1S/C19H17Cl2N5OS/c1-2-26-18(13-7-4-3-5-8-13)24-25-19(26)28-12-17(27)23-22-11-14-15(20)9-6-10-16(14)21/h3-11H,2,12H2,1H3,(H,23,27)/b22-11-. The molecule has 1 amide bonds. The molecule has 0 saturated heterocycles. The number of hydrogen-bond acceptors (Lipinski definition) is 5. The summed E-state index contributed by atoms with van der Waals surface area (Å²) >= 11 is 13.4. The molecule has 144 valence electrons. The van der Waals surface area contributed by atoms with Gasteiger partial charge in [0.15, 0.2) is 11.0 Å².